The highest BCUT2D eigenvalue weighted by atomic mass is 35.5. The number of halogens is 3. The first kappa shape index (κ1) is 25.9. The number of benzene rings is 2. The van der Waals surface area contributed by atoms with E-state index in [1.165, 1.54) is 12.1 Å². The Bertz CT molecular complexity index is 1120. The summed E-state index contributed by atoms with van der Waals surface area (Å²) in [6, 6.07) is 12.3. The van der Waals surface area contributed by atoms with Crippen molar-refractivity contribution in [2.75, 3.05) is 19.6 Å². The third kappa shape index (κ3) is 6.05. The fraction of sp³-hybridized carbons (Fsp3) is 0.370. The van der Waals surface area contributed by atoms with E-state index in [9.17, 15) is 13.6 Å². The minimum Gasteiger partial charge on any atom is -0.350 e. The second-order valence-electron chi connectivity index (χ2n) is 8.51. The number of carbonyl (C=O) groups excluding carboxylic acids is 1. The Labute approximate surface area is 205 Å². The monoisotopic (exact) mass is 487 g/mol. The van der Waals surface area contributed by atoms with Crippen molar-refractivity contribution in [1.82, 2.24) is 14.8 Å². The molecule has 0 aliphatic rings. The van der Waals surface area contributed by atoms with E-state index in [4.69, 9.17) is 11.6 Å². The highest BCUT2D eigenvalue weighted by molar-refractivity contribution is 6.30. The lowest BCUT2D eigenvalue weighted by atomic mass is 10.1. The molecule has 4 nitrogen and oxygen atoms in total. The lowest BCUT2D eigenvalue weighted by molar-refractivity contribution is 0.0936. The number of carbonyl (C=O) groups is 1. The lowest BCUT2D eigenvalue weighted by Crippen LogP contribution is -2.34. The molecular weight excluding hydrogens is 456 g/mol. The number of rotatable bonds is 10. The summed E-state index contributed by atoms with van der Waals surface area (Å²) >= 11 is 6.05. The van der Waals surface area contributed by atoms with Crippen LogP contribution in [0.2, 0.25) is 5.02 Å². The Hall–Kier alpha value is -2.70. The number of amides is 1. The van der Waals surface area contributed by atoms with Crippen LogP contribution in [0.15, 0.2) is 48.5 Å². The molecule has 1 heterocycles. The highest BCUT2D eigenvalue weighted by Gasteiger charge is 2.22. The van der Waals surface area contributed by atoms with Crippen LogP contribution in [0.3, 0.4) is 0 Å². The van der Waals surface area contributed by atoms with Gasteiger partial charge in [0.05, 0.1) is 16.9 Å². The van der Waals surface area contributed by atoms with Crippen LogP contribution in [-0.2, 0) is 0 Å². The number of nitrogens with one attached hydrogen (secondary N) is 1. The van der Waals surface area contributed by atoms with Gasteiger partial charge in [-0.25, -0.2) is 8.78 Å². The standard InChI is InChI=1S/C27H32ClF2N3O/c1-5-32(6-2)15-7-8-18(3)31-27(34)23-17-26(20-9-11-21(28)12-10-20)33(19(23)4)25-14-13-22(29)16-24(25)30/h9-14,16-18H,5-8,15H2,1-4H3,(H,31,34). The van der Waals surface area contributed by atoms with Gasteiger partial charge in [0.2, 0.25) is 0 Å². The van der Waals surface area contributed by atoms with Gasteiger partial charge < -0.3 is 14.8 Å². The number of hydrogen-bond acceptors (Lipinski definition) is 2. The molecule has 1 N–H and O–H groups in total. The highest BCUT2D eigenvalue weighted by Crippen LogP contribution is 2.31. The van der Waals surface area contributed by atoms with E-state index >= 15 is 0 Å². The molecule has 0 aliphatic heterocycles. The Morgan fingerprint density at radius 1 is 1.09 bits per heavy atom. The van der Waals surface area contributed by atoms with Crippen LogP contribution in [0, 0.1) is 18.6 Å². The molecular formula is C27H32ClF2N3O. The quantitative estimate of drug-likeness (QED) is 0.348. The molecule has 0 saturated heterocycles. The van der Waals surface area contributed by atoms with Crippen molar-refractivity contribution in [3.8, 4) is 16.9 Å². The molecule has 3 rings (SSSR count). The van der Waals surface area contributed by atoms with E-state index in [0.29, 0.717) is 22.0 Å². The summed E-state index contributed by atoms with van der Waals surface area (Å²) in [5.74, 6) is -1.58. The zero-order chi connectivity index (χ0) is 24.8. The van der Waals surface area contributed by atoms with Crippen LogP contribution >= 0.6 is 11.6 Å². The van der Waals surface area contributed by atoms with Crippen molar-refractivity contribution in [3.05, 3.63) is 76.4 Å². The van der Waals surface area contributed by atoms with Crippen molar-refractivity contribution in [2.45, 2.75) is 46.6 Å². The molecule has 0 spiro atoms. The molecule has 0 aliphatic carbocycles. The van der Waals surface area contributed by atoms with Gasteiger partial charge in [0, 0.05) is 22.8 Å². The molecule has 1 amide bonds. The molecule has 0 bridgehead atoms. The van der Waals surface area contributed by atoms with Crippen molar-refractivity contribution >= 4 is 17.5 Å². The maximum atomic E-state index is 14.8. The zero-order valence-electron chi connectivity index (χ0n) is 20.2. The van der Waals surface area contributed by atoms with Crippen molar-refractivity contribution in [3.63, 3.8) is 0 Å². The normalized spacial score (nSPS) is 12.2. The third-order valence-electron chi connectivity index (χ3n) is 6.17. The van der Waals surface area contributed by atoms with Gasteiger partial charge in [-0.05, 0) is 82.2 Å². The molecule has 3 aromatic rings. The smallest absolute Gasteiger partial charge is 0.253 e. The van der Waals surface area contributed by atoms with E-state index in [1.54, 1.807) is 29.7 Å². The van der Waals surface area contributed by atoms with E-state index in [2.05, 4.69) is 24.1 Å². The number of nitrogens with zero attached hydrogens (tertiary/aromatic N) is 2. The molecule has 34 heavy (non-hydrogen) atoms. The van der Waals surface area contributed by atoms with Gasteiger partial charge in [-0.15, -0.1) is 0 Å². The van der Waals surface area contributed by atoms with Crippen LogP contribution in [0.1, 0.15) is 49.7 Å². The molecule has 182 valence electrons. The Balaban J connectivity index is 1.91. The first-order valence-electron chi connectivity index (χ1n) is 11.7. The van der Waals surface area contributed by atoms with Crippen LogP contribution in [-0.4, -0.2) is 41.1 Å². The second-order valence-corrected chi connectivity index (χ2v) is 8.95. The van der Waals surface area contributed by atoms with Gasteiger partial charge in [-0.1, -0.05) is 37.6 Å². The largest absolute Gasteiger partial charge is 0.350 e. The molecule has 1 atom stereocenters. The minimum atomic E-state index is -0.703. The maximum Gasteiger partial charge on any atom is 0.253 e. The number of hydrogen-bond donors (Lipinski definition) is 1. The fourth-order valence-electron chi connectivity index (χ4n) is 4.18. The van der Waals surface area contributed by atoms with Gasteiger partial charge >= 0.3 is 0 Å². The molecule has 0 saturated carbocycles. The first-order chi connectivity index (χ1) is 16.2. The molecule has 1 unspecified atom stereocenters. The lowest BCUT2D eigenvalue weighted by Gasteiger charge is -2.19. The average Bonchev–Trinajstić information content (AvgIpc) is 3.14. The van der Waals surface area contributed by atoms with Crippen LogP contribution < -0.4 is 5.32 Å². The average molecular weight is 488 g/mol. The van der Waals surface area contributed by atoms with Gasteiger partial charge in [-0.2, -0.15) is 0 Å². The van der Waals surface area contributed by atoms with Crippen LogP contribution in [0.5, 0.6) is 0 Å². The van der Waals surface area contributed by atoms with E-state index in [-0.39, 0.29) is 17.6 Å². The van der Waals surface area contributed by atoms with E-state index in [1.807, 2.05) is 19.1 Å². The van der Waals surface area contributed by atoms with Gasteiger partial charge in [0.15, 0.2) is 0 Å². The Morgan fingerprint density at radius 2 is 1.76 bits per heavy atom. The van der Waals surface area contributed by atoms with Crippen molar-refractivity contribution in [2.24, 2.45) is 0 Å². The van der Waals surface area contributed by atoms with Crippen molar-refractivity contribution < 1.29 is 13.6 Å². The Kier molecular flexibility index (Phi) is 8.86. The summed E-state index contributed by atoms with van der Waals surface area (Å²) in [6.45, 7) is 11.1. The molecule has 2 aromatic carbocycles. The number of aromatic nitrogens is 1. The summed E-state index contributed by atoms with van der Waals surface area (Å²) in [5, 5.41) is 3.65. The Morgan fingerprint density at radius 3 is 2.38 bits per heavy atom. The predicted molar refractivity (Wildman–Crippen MR) is 135 cm³/mol. The SMILES string of the molecule is CCN(CC)CCCC(C)NC(=O)c1cc(-c2ccc(Cl)cc2)n(-c2ccc(F)cc2F)c1C. The second kappa shape index (κ2) is 11.6. The third-order valence-corrected chi connectivity index (χ3v) is 6.42. The molecule has 0 fully saturated rings. The summed E-state index contributed by atoms with van der Waals surface area (Å²) in [4.78, 5) is 15.6. The van der Waals surface area contributed by atoms with Crippen molar-refractivity contribution in [1.29, 1.82) is 0 Å². The molecule has 1 aromatic heterocycles. The van der Waals surface area contributed by atoms with E-state index in [0.717, 1.165) is 44.1 Å². The first-order valence-corrected chi connectivity index (χ1v) is 12.1. The zero-order valence-corrected chi connectivity index (χ0v) is 20.9. The summed E-state index contributed by atoms with van der Waals surface area (Å²) in [6.07, 6.45) is 1.85. The topological polar surface area (TPSA) is 37.3 Å². The fourth-order valence-corrected chi connectivity index (χ4v) is 4.30. The molecule has 0 radical (unpaired) electrons. The summed E-state index contributed by atoms with van der Waals surface area (Å²) < 4.78 is 30.0. The van der Waals surface area contributed by atoms with Gasteiger partial charge in [-0.3, -0.25) is 4.79 Å². The van der Waals surface area contributed by atoms with Crippen LogP contribution in [0.4, 0.5) is 8.78 Å². The summed E-state index contributed by atoms with van der Waals surface area (Å²) in [7, 11) is 0. The van der Waals surface area contributed by atoms with Gasteiger partial charge in [0.25, 0.3) is 5.91 Å². The molecule has 7 heteroatoms. The minimum absolute atomic E-state index is 0.00708. The predicted octanol–water partition coefficient (Wildman–Crippen LogP) is 6.62. The maximum absolute atomic E-state index is 14.8. The van der Waals surface area contributed by atoms with Crippen LogP contribution in [0.25, 0.3) is 16.9 Å². The van der Waals surface area contributed by atoms with Gasteiger partial charge in [0.1, 0.15) is 11.6 Å². The van der Waals surface area contributed by atoms with E-state index < -0.39 is 11.6 Å². The summed E-state index contributed by atoms with van der Waals surface area (Å²) in [5.41, 5.74) is 2.59.